The van der Waals surface area contributed by atoms with Crippen molar-refractivity contribution in [3.63, 3.8) is 0 Å². The molecule has 0 aromatic carbocycles. The molecule has 7 heteroatoms. The first kappa shape index (κ1) is 20.6. The molecular formula is C20H34N2O4S. The summed E-state index contributed by atoms with van der Waals surface area (Å²) in [5.41, 5.74) is 0. The van der Waals surface area contributed by atoms with Crippen LogP contribution in [0.2, 0.25) is 0 Å². The molecule has 27 heavy (non-hydrogen) atoms. The highest BCUT2D eigenvalue weighted by molar-refractivity contribution is 7.91. The number of amides is 2. The van der Waals surface area contributed by atoms with Crippen LogP contribution in [0, 0.1) is 5.92 Å². The fourth-order valence-corrected chi connectivity index (χ4v) is 6.61. The predicted octanol–water partition coefficient (Wildman–Crippen LogP) is 2.37. The van der Waals surface area contributed by atoms with E-state index in [2.05, 4.69) is 6.92 Å². The minimum atomic E-state index is -3.04. The molecule has 1 saturated carbocycles. The highest BCUT2D eigenvalue weighted by Crippen LogP contribution is 2.30. The SMILES string of the molecule is CCCCN(C(=O)C1CC(=O)N(C2CCCCCC2)C1)C1CCS(=O)(=O)C1. The lowest BCUT2D eigenvalue weighted by atomic mass is 10.0. The Hall–Kier alpha value is -1.11. The smallest absolute Gasteiger partial charge is 0.228 e. The lowest BCUT2D eigenvalue weighted by Crippen LogP contribution is -2.45. The number of sulfone groups is 1. The fraction of sp³-hybridized carbons (Fsp3) is 0.900. The van der Waals surface area contributed by atoms with Crippen LogP contribution in [-0.2, 0) is 19.4 Å². The molecule has 2 saturated heterocycles. The number of hydrogen-bond acceptors (Lipinski definition) is 4. The van der Waals surface area contributed by atoms with Gasteiger partial charge in [-0.15, -0.1) is 0 Å². The first-order valence-corrected chi connectivity index (χ1v) is 12.5. The van der Waals surface area contributed by atoms with Gasteiger partial charge in [-0.1, -0.05) is 39.0 Å². The summed E-state index contributed by atoms with van der Waals surface area (Å²) in [6.07, 6.45) is 9.55. The van der Waals surface area contributed by atoms with Crippen LogP contribution in [-0.4, -0.2) is 66.7 Å². The monoisotopic (exact) mass is 398 g/mol. The molecule has 0 spiro atoms. The average Bonchev–Trinajstić information content (AvgIpc) is 3.06. The van der Waals surface area contributed by atoms with Crippen molar-refractivity contribution in [2.24, 2.45) is 5.92 Å². The summed E-state index contributed by atoms with van der Waals surface area (Å²) in [6, 6.07) is 0.0739. The summed E-state index contributed by atoms with van der Waals surface area (Å²) in [5, 5.41) is 0. The Morgan fingerprint density at radius 3 is 2.44 bits per heavy atom. The molecule has 3 fully saturated rings. The third kappa shape index (κ3) is 5.04. The first-order chi connectivity index (χ1) is 12.9. The molecule has 2 aliphatic heterocycles. The van der Waals surface area contributed by atoms with Crippen molar-refractivity contribution < 1.29 is 18.0 Å². The Morgan fingerprint density at radius 2 is 1.85 bits per heavy atom. The number of nitrogens with zero attached hydrogens (tertiary/aromatic N) is 2. The van der Waals surface area contributed by atoms with Crippen molar-refractivity contribution in [2.45, 2.75) is 83.2 Å². The van der Waals surface area contributed by atoms with Crippen LogP contribution < -0.4 is 0 Å². The molecule has 0 aromatic rings. The van der Waals surface area contributed by atoms with E-state index in [1.807, 2.05) is 4.90 Å². The van der Waals surface area contributed by atoms with E-state index in [4.69, 9.17) is 0 Å². The summed E-state index contributed by atoms with van der Waals surface area (Å²) in [4.78, 5) is 29.6. The molecule has 2 amide bonds. The van der Waals surface area contributed by atoms with Crippen LogP contribution in [0.1, 0.15) is 71.1 Å². The van der Waals surface area contributed by atoms with Crippen molar-refractivity contribution >= 4 is 21.7 Å². The van der Waals surface area contributed by atoms with E-state index in [-0.39, 0.29) is 47.7 Å². The maximum atomic E-state index is 13.2. The number of carbonyl (C=O) groups is 2. The molecule has 0 N–H and O–H groups in total. The third-order valence-corrected chi connectivity index (χ3v) is 8.21. The van der Waals surface area contributed by atoms with Gasteiger partial charge in [0.15, 0.2) is 9.84 Å². The van der Waals surface area contributed by atoms with Gasteiger partial charge in [-0.3, -0.25) is 9.59 Å². The molecule has 2 atom stereocenters. The maximum Gasteiger partial charge on any atom is 0.228 e. The fourth-order valence-electron chi connectivity index (χ4n) is 4.88. The lowest BCUT2D eigenvalue weighted by Gasteiger charge is -2.31. The van der Waals surface area contributed by atoms with E-state index in [1.165, 1.54) is 12.8 Å². The number of hydrogen-bond donors (Lipinski definition) is 0. The summed E-state index contributed by atoms with van der Waals surface area (Å²) in [5.74, 6) is 0.0477. The zero-order chi connectivity index (χ0) is 19.4. The second-order valence-electron chi connectivity index (χ2n) is 8.53. The maximum absolute atomic E-state index is 13.2. The zero-order valence-electron chi connectivity index (χ0n) is 16.6. The van der Waals surface area contributed by atoms with Gasteiger partial charge in [-0.05, 0) is 25.7 Å². The van der Waals surface area contributed by atoms with Crippen molar-refractivity contribution in [1.29, 1.82) is 0 Å². The molecule has 3 aliphatic rings. The lowest BCUT2D eigenvalue weighted by molar-refractivity contribution is -0.137. The molecule has 3 rings (SSSR count). The predicted molar refractivity (Wildman–Crippen MR) is 105 cm³/mol. The molecule has 0 bridgehead atoms. The minimum absolute atomic E-state index is 0.00461. The third-order valence-electron chi connectivity index (χ3n) is 6.46. The van der Waals surface area contributed by atoms with E-state index < -0.39 is 9.84 Å². The van der Waals surface area contributed by atoms with Gasteiger partial charge in [0.25, 0.3) is 0 Å². The Labute approximate surface area is 163 Å². The molecule has 1 aliphatic carbocycles. The molecule has 2 heterocycles. The Balaban J connectivity index is 1.67. The van der Waals surface area contributed by atoms with Gasteiger partial charge in [0, 0.05) is 31.6 Å². The Kier molecular flexibility index (Phi) is 6.82. The van der Waals surface area contributed by atoms with Crippen LogP contribution in [0.15, 0.2) is 0 Å². The quantitative estimate of drug-likeness (QED) is 0.644. The molecule has 154 valence electrons. The van der Waals surface area contributed by atoms with Crippen LogP contribution in [0.3, 0.4) is 0 Å². The van der Waals surface area contributed by atoms with Crippen molar-refractivity contribution in [3.8, 4) is 0 Å². The highest BCUT2D eigenvalue weighted by atomic mass is 32.2. The van der Waals surface area contributed by atoms with Crippen molar-refractivity contribution in [1.82, 2.24) is 9.80 Å². The van der Waals surface area contributed by atoms with Gasteiger partial charge in [0.2, 0.25) is 11.8 Å². The summed E-state index contributed by atoms with van der Waals surface area (Å²) in [6.45, 7) is 3.19. The van der Waals surface area contributed by atoms with E-state index in [9.17, 15) is 18.0 Å². The second kappa shape index (κ2) is 8.93. The second-order valence-corrected chi connectivity index (χ2v) is 10.8. The van der Waals surface area contributed by atoms with Gasteiger partial charge in [-0.2, -0.15) is 0 Å². The number of unbranched alkanes of at least 4 members (excludes halogenated alkanes) is 1. The molecular weight excluding hydrogens is 364 g/mol. The van der Waals surface area contributed by atoms with Crippen molar-refractivity contribution in [3.05, 3.63) is 0 Å². The molecule has 0 radical (unpaired) electrons. The number of likely N-dealkylation sites (tertiary alicyclic amines) is 1. The Morgan fingerprint density at radius 1 is 1.15 bits per heavy atom. The van der Waals surface area contributed by atoms with Crippen LogP contribution in [0.4, 0.5) is 0 Å². The van der Waals surface area contributed by atoms with E-state index in [0.29, 0.717) is 19.5 Å². The highest BCUT2D eigenvalue weighted by Gasteiger charge is 2.42. The molecule has 2 unspecified atom stereocenters. The van der Waals surface area contributed by atoms with Crippen molar-refractivity contribution in [2.75, 3.05) is 24.6 Å². The minimum Gasteiger partial charge on any atom is -0.339 e. The number of carbonyl (C=O) groups excluding carboxylic acids is 2. The average molecular weight is 399 g/mol. The van der Waals surface area contributed by atoms with Crippen LogP contribution >= 0.6 is 0 Å². The normalized spacial score (nSPS) is 29.1. The van der Waals surface area contributed by atoms with E-state index >= 15 is 0 Å². The van der Waals surface area contributed by atoms with Gasteiger partial charge in [-0.25, -0.2) is 8.42 Å². The molecule has 6 nitrogen and oxygen atoms in total. The summed E-state index contributed by atoms with van der Waals surface area (Å²) < 4.78 is 23.8. The number of rotatable bonds is 6. The van der Waals surface area contributed by atoms with Crippen LogP contribution in [0.25, 0.3) is 0 Å². The molecule has 0 aromatic heterocycles. The standard InChI is InChI=1S/C20H34N2O4S/c1-2-3-11-21(18-10-12-27(25,26)15-18)20(24)16-13-19(23)22(14-16)17-8-6-4-5-7-9-17/h16-18H,2-15H2,1H3. The van der Waals surface area contributed by atoms with Gasteiger partial charge >= 0.3 is 0 Å². The Bertz CT molecular complexity index is 640. The zero-order valence-corrected chi connectivity index (χ0v) is 17.4. The first-order valence-electron chi connectivity index (χ1n) is 10.7. The van der Waals surface area contributed by atoms with Gasteiger partial charge in [0.1, 0.15) is 0 Å². The topological polar surface area (TPSA) is 74.8 Å². The van der Waals surface area contributed by atoms with Gasteiger partial charge < -0.3 is 9.80 Å². The van der Waals surface area contributed by atoms with Crippen LogP contribution in [0.5, 0.6) is 0 Å². The summed E-state index contributed by atoms with van der Waals surface area (Å²) in [7, 11) is -3.04. The van der Waals surface area contributed by atoms with Gasteiger partial charge in [0.05, 0.1) is 17.4 Å². The van der Waals surface area contributed by atoms with E-state index in [0.717, 1.165) is 38.5 Å². The largest absolute Gasteiger partial charge is 0.339 e. The van der Waals surface area contributed by atoms with E-state index in [1.54, 1.807) is 4.90 Å². The summed E-state index contributed by atoms with van der Waals surface area (Å²) >= 11 is 0.